The zero-order chi connectivity index (χ0) is 27.4. The summed E-state index contributed by atoms with van der Waals surface area (Å²) in [5, 5.41) is 22.3. The second kappa shape index (κ2) is 9.47. The third-order valence-electron chi connectivity index (χ3n) is 8.53. The van der Waals surface area contributed by atoms with Crippen LogP contribution in [-0.2, 0) is 11.2 Å². The number of aliphatic hydroxyl groups is 1. The van der Waals surface area contributed by atoms with Crippen LogP contribution in [0.3, 0.4) is 0 Å². The molecule has 3 aromatic rings. The van der Waals surface area contributed by atoms with Crippen LogP contribution in [0, 0.1) is 23.2 Å². The first kappa shape index (κ1) is 25.5. The van der Waals surface area contributed by atoms with Gasteiger partial charge in [0.1, 0.15) is 11.4 Å². The minimum atomic E-state index is -2.34. The topological polar surface area (TPSA) is 87.8 Å². The predicted octanol–water partition coefficient (Wildman–Crippen LogP) is 4.45. The number of benzene rings is 2. The molecule has 6 rings (SSSR count). The summed E-state index contributed by atoms with van der Waals surface area (Å²) in [6.07, 6.45) is -2.05. The van der Waals surface area contributed by atoms with Gasteiger partial charge in [-0.25, -0.2) is 8.78 Å². The van der Waals surface area contributed by atoms with Crippen molar-refractivity contribution in [3.63, 3.8) is 0 Å². The standard InChI is InChI=1S/C30H29F2N3O4/c1-37-24-12-23-26(28(34-24)38-2)29(36)13-20(15-35-16-21(17-35)27(31)32)25(19-6-4-3-5-7-19)30(29,39-23)22-10-8-18(14-33)9-11-22/h3-12,20-21,25,27,36H,13,15-17H2,1-2H3/t20-,25-,29-,30+/m1/s1. The minimum Gasteiger partial charge on any atom is -0.481 e. The van der Waals surface area contributed by atoms with Crippen molar-refractivity contribution in [3.8, 4) is 23.6 Å². The van der Waals surface area contributed by atoms with Crippen molar-refractivity contribution >= 4 is 0 Å². The van der Waals surface area contributed by atoms with E-state index in [4.69, 9.17) is 14.2 Å². The van der Waals surface area contributed by atoms with Crippen molar-refractivity contribution in [1.29, 1.82) is 5.26 Å². The summed E-state index contributed by atoms with van der Waals surface area (Å²) < 4.78 is 44.5. The molecule has 0 amide bonds. The van der Waals surface area contributed by atoms with Gasteiger partial charge in [-0.05, 0) is 35.6 Å². The van der Waals surface area contributed by atoms with Gasteiger partial charge in [0.2, 0.25) is 18.2 Å². The van der Waals surface area contributed by atoms with Crippen LogP contribution >= 0.6 is 0 Å². The van der Waals surface area contributed by atoms with E-state index in [1.54, 1.807) is 18.2 Å². The molecule has 0 bridgehead atoms. The molecule has 1 aromatic heterocycles. The zero-order valence-corrected chi connectivity index (χ0v) is 21.7. The fraction of sp³-hybridized carbons (Fsp3) is 0.400. The van der Waals surface area contributed by atoms with Crippen LogP contribution in [0.25, 0.3) is 0 Å². The molecule has 1 aliphatic carbocycles. The Morgan fingerprint density at radius 1 is 1.13 bits per heavy atom. The Morgan fingerprint density at radius 2 is 1.85 bits per heavy atom. The summed E-state index contributed by atoms with van der Waals surface area (Å²) in [5.41, 5.74) is -0.289. The number of fused-ring (bicyclic) bond motifs is 3. The number of methoxy groups -OCH3 is 2. The monoisotopic (exact) mass is 533 g/mol. The SMILES string of the molecule is COc1cc2c(c(OC)n1)[C@]1(O)C[C@H](CN3CC(C(F)F)C3)[C@@H](c3ccccc3)[C@]1(c1ccc(C#N)cc1)O2. The molecule has 0 unspecified atom stereocenters. The van der Waals surface area contributed by atoms with Crippen LogP contribution in [0.4, 0.5) is 8.78 Å². The Bertz CT molecular complexity index is 1410. The van der Waals surface area contributed by atoms with Crippen molar-refractivity contribution in [2.24, 2.45) is 11.8 Å². The molecular formula is C30H29F2N3O4. The molecule has 2 aliphatic heterocycles. The Balaban J connectivity index is 1.54. The number of likely N-dealkylation sites (tertiary alicyclic amines) is 1. The van der Waals surface area contributed by atoms with Crippen LogP contribution in [0.2, 0.25) is 0 Å². The maximum Gasteiger partial charge on any atom is 0.243 e. The third-order valence-corrected chi connectivity index (χ3v) is 8.53. The Morgan fingerprint density at radius 3 is 2.46 bits per heavy atom. The van der Waals surface area contributed by atoms with Crippen LogP contribution in [0.1, 0.15) is 34.6 Å². The predicted molar refractivity (Wildman–Crippen MR) is 138 cm³/mol. The molecule has 0 spiro atoms. The number of halogens is 2. The van der Waals surface area contributed by atoms with E-state index in [0.717, 1.165) is 5.56 Å². The number of pyridine rings is 1. The molecular weight excluding hydrogens is 504 g/mol. The smallest absolute Gasteiger partial charge is 0.243 e. The molecule has 39 heavy (non-hydrogen) atoms. The summed E-state index contributed by atoms with van der Waals surface area (Å²) in [6.45, 7) is 1.16. The first-order valence-electron chi connectivity index (χ1n) is 13.0. The van der Waals surface area contributed by atoms with Crippen molar-refractivity contribution < 1.29 is 28.1 Å². The average Bonchev–Trinajstić information content (AvgIpc) is 3.33. The van der Waals surface area contributed by atoms with Gasteiger partial charge in [-0.2, -0.15) is 10.2 Å². The lowest BCUT2D eigenvalue weighted by atomic mass is 9.71. The van der Waals surface area contributed by atoms with Crippen LogP contribution in [0.5, 0.6) is 17.5 Å². The van der Waals surface area contributed by atoms with E-state index in [-0.39, 0.29) is 23.6 Å². The Labute approximate surface area is 225 Å². The van der Waals surface area contributed by atoms with Gasteiger partial charge in [0.15, 0.2) is 5.60 Å². The van der Waals surface area contributed by atoms with Gasteiger partial charge in [-0.3, -0.25) is 0 Å². The highest BCUT2D eigenvalue weighted by Crippen LogP contribution is 2.70. The highest BCUT2D eigenvalue weighted by Gasteiger charge is 2.72. The summed E-state index contributed by atoms with van der Waals surface area (Å²) in [7, 11) is 2.98. The number of aromatic nitrogens is 1. The van der Waals surface area contributed by atoms with Crippen molar-refractivity contribution in [1.82, 2.24) is 9.88 Å². The van der Waals surface area contributed by atoms with E-state index in [9.17, 15) is 19.1 Å². The first-order valence-corrected chi connectivity index (χ1v) is 13.0. The Hall–Kier alpha value is -3.74. The molecule has 3 heterocycles. The van der Waals surface area contributed by atoms with Crippen LogP contribution < -0.4 is 14.2 Å². The van der Waals surface area contributed by atoms with E-state index in [1.165, 1.54) is 14.2 Å². The van der Waals surface area contributed by atoms with Gasteiger partial charge < -0.3 is 24.2 Å². The van der Waals surface area contributed by atoms with E-state index >= 15 is 0 Å². The van der Waals surface area contributed by atoms with Gasteiger partial charge in [0.05, 0.1) is 31.4 Å². The molecule has 1 saturated heterocycles. The normalized spacial score (nSPS) is 27.8. The van der Waals surface area contributed by atoms with Crippen molar-refractivity contribution in [3.05, 3.63) is 82.9 Å². The van der Waals surface area contributed by atoms with Gasteiger partial charge >= 0.3 is 0 Å². The van der Waals surface area contributed by atoms with Gasteiger partial charge in [0, 0.05) is 37.5 Å². The molecule has 4 atom stereocenters. The quantitative estimate of drug-likeness (QED) is 0.480. The summed E-state index contributed by atoms with van der Waals surface area (Å²) in [4.78, 5) is 6.48. The molecule has 9 heteroatoms. The van der Waals surface area contributed by atoms with Crippen molar-refractivity contribution in [2.75, 3.05) is 33.9 Å². The lowest BCUT2D eigenvalue weighted by Crippen LogP contribution is -2.52. The molecule has 0 radical (unpaired) electrons. The van der Waals surface area contributed by atoms with Gasteiger partial charge in [-0.15, -0.1) is 0 Å². The largest absolute Gasteiger partial charge is 0.481 e. The summed E-state index contributed by atoms with van der Waals surface area (Å²) in [6, 6.07) is 20.7. The van der Waals surface area contributed by atoms with Crippen LogP contribution in [0.15, 0.2) is 60.7 Å². The molecule has 7 nitrogen and oxygen atoms in total. The number of ether oxygens (including phenoxy) is 3. The van der Waals surface area contributed by atoms with Crippen molar-refractivity contribution in [2.45, 2.75) is 30.0 Å². The lowest BCUT2D eigenvalue weighted by Gasteiger charge is -2.43. The van der Waals surface area contributed by atoms with Gasteiger partial charge in [-0.1, -0.05) is 42.5 Å². The third kappa shape index (κ3) is 3.77. The summed E-state index contributed by atoms with van der Waals surface area (Å²) in [5.74, 6) is -0.235. The molecule has 1 saturated carbocycles. The number of alkyl halides is 2. The molecule has 1 N–H and O–H groups in total. The molecule has 2 fully saturated rings. The number of nitriles is 1. The number of rotatable bonds is 7. The molecule has 3 aliphatic rings. The number of hydrogen-bond acceptors (Lipinski definition) is 7. The highest BCUT2D eigenvalue weighted by molar-refractivity contribution is 5.59. The van der Waals surface area contributed by atoms with E-state index in [0.29, 0.717) is 48.5 Å². The maximum absolute atomic E-state index is 13.3. The second-order valence-corrected chi connectivity index (χ2v) is 10.6. The fourth-order valence-corrected chi connectivity index (χ4v) is 6.90. The summed E-state index contributed by atoms with van der Waals surface area (Å²) >= 11 is 0. The Kier molecular flexibility index (Phi) is 6.20. The molecule has 2 aromatic carbocycles. The maximum atomic E-state index is 13.3. The van der Waals surface area contributed by atoms with Gasteiger partial charge in [0.25, 0.3) is 0 Å². The fourth-order valence-electron chi connectivity index (χ4n) is 6.90. The van der Waals surface area contributed by atoms with E-state index in [2.05, 4.69) is 11.1 Å². The minimum absolute atomic E-state index is 0.147. The highest BCUT2D eigenvalue weighted by atomic mass is 19.3. The van der Waals surface area contributed by atoms with E-state index < -0.39 is 23.5 Å². The first-order chi connectivity index (χ1) is 18.8. The average molecular weight is 534 g/mol. The zero-order valence-electron chi connectivity index (χ0n) is 21.7. The number of hydrogen-bond donors (Lipinski definition) is 1. The van der Waals surface area contributed by atoms with E-state index in [1.807, 2.05) is 47.4 Å². The lowest BCUT2D eigenvalue weighted by molar-refractivity contribution is -0.106. The second-order valence-electron chi connectivity index (χ2n) is 10.6. The van der Waals surface area contributed by atoms with Crippen LogP contribution in [-0.4, -0.2) is 55.3 Å². The number of nitrogens with zero attached hydrogens (tertiary/aromatic N) is 3. The molecule has 202 valence electrons.